The van der Waals surface area contributed by atoms with E-state index in [0.29, 0.717) is 6.04 Å². The van der Waals surface area contributed by atoms with Crippen LogP contribution in [-0.2, 0) is 0 Å². The minimum absolute atomic E-state index is 0.396. The molecule has 2 rings (SSSR count). The quantitative estimate of drug-likeness (QED) is 0.737. The maximum Gasteiger partial charge on any atom is 0.121 e. The second kappa shape index (κ2) is 6.48. The molecule has 4 N–H and O–H groups in total. The van der Waals surface area contributed by atoms with Gasteiger partial charge in [0.05, 0.1) is 18.5 Å². The number of benzene rings is 1. The third-order valence-corrected chi connectivity index (χ3v) is 3.32. The van der Waals surface area contributed by atoms with Gasteiger partial charge in [-0.2, -0.15) is 0 Å². The summed E-state index contributed by atoms with van der Waals surface area (Å²) in [4.78, 5) is 0. The molecule has 0 aromatic heterocycles. The Morgan fingerprint density at radius 2 is 2.32 bits per heavy atom. The van der Waals surface area contributed by atoms with E-state index in [1.165, 1.54) is 5.56 Å². The Kier molecular flexibility index (Phi) is 4.68. The van der Waals surface area contributed by atoms with E-state index in [2.05, 4.69) is 29.7 Å². The van der Waals surface area contributed by atoms with Crippen LogP contribution in [0.5, 0.6) is 5.75 Å². The lowest BCUT2D eigenvalue weighted by atomic mass is 10.1. The van der Waals surface area contributed by atoms with Crippen LogP contribution in [0.15, 0.2) is 18.2 Å². The largest absolute Gasteiger partial charge is 0.497 e. The number of anilines is 2. The summed E-state index contributed by atoms with van der Waals surface area (Å²) in [7, 11) is 1.70. The van der Waals surface area contributed by atoms with Gasteiger partial charge >= 0.3 is 0 Å². The van der Waals surface area contributed by atoms with Crippen molar-refractivity contribution in [1.82, 2.24) is 0 Å². The van der Waals surface area contributed by atoms with E-state index < -0.39 is 0 Å². The Balaban J connectivity index is 2.20. The molecular formula is C15H23N3O. The average Bonchev–Trinajstić information content (AvgIpc) is 2.44. The summed E-state index contributed by atoms with van der Waals surface area (Å²) < 4.78 is 5.36. The molecule has 0 saturated carbocycles. The van der Waals surface area contributed by atoms with Crippen LogP contribution in [-0.4, -0.2) is 26.2 Å². The van der Waals surface area contributed by atoms with E-state index in [-0.39, 0.29) is 0 Å². The van der Waals surface area contributed by atoms with Gasteiger partial charge < -0.3 is 21.1 Å². The van der Waals surface area contributed by atoms with E-state index in [9.17, 15) is 0 Å². The van der Waals surface area contributed by atoms with Gasteiger partial charge in [-0.25, -0.2) is 0 Å². The number of nitrogens with one attached hydrogen (secondary N) is 2. The second-order valence-electron chi connectivity index (χ2n) is 4.90. The number of hydrogen-bond acceptors (Lipinski definition) is 4. The summed E-state index contributed by atoms with van der Waals surface area (Å²) in [6.45, 7) is 3.79. The van der Waals surface area contributed by atoms with Crippen molar-refractivity contribution < 1.29 is 4.74 Å². The van der Waals surface area contributed by atoms with Crippen LogP contribution in [0.4, 0.5) is 11.4 Å². The van der Waals surface area contributed by atoms with Crippen LogP contribution in [0.3, 0.4) is 0 Å². The molecule has 1 heterocycles. The maximum atomic E-state index is 5.56. The fourth-order valence-electron chi connectivity index (χ4n) is 2.31. The zero-order chi connectivity index (χ0) is 13.7. The van der Waals surface area contributed by atoms with Crippen molar-refractivity contribution in [3.05, 3.63) is 23.8 Å². The van der Waals surface area contributed by atoms with E-state index >= 15 is 0 Å². The smallest absolute Gasteiger partial charge is 0.121 e. The summed E-state index contributed by atoms with van der Waals surface area (Å²) >= 11 is 0. The molecule has 1 unspecified atom stereocenters. The normalized spacial score (nSPS) is 14.5. The molecule has 1 aromatic carbocycles. The zero-order valence-electron chi connectivity index (χ0n) is 11.7. The fourth-order valence-corrected chi connectivity index (χ4v) is 2.31. The number of rotatable bonds is 6. The van der Waals surface area contributed by atoms with Crippen molar-refractivity contribution in [3.63, 3.8) is 0 Å². The van der Waals surface area contributed by atoms with E-state index in [4.69, 9.17) is 10.5 Å². The third-order valence-electron chi connectivity index (χ3n) is 3.32. The SMILES string of the molecule is COc1cc2c(c(NC(C)CCCN)c1)NCC=C2. The minimum Gasteiger partial charge on any atom is -0.497 e. The summed E-state index contributed by atoms with van der Waals surface area (Å²) in [5.41, 5.74) is 8.98. The minimum atomic E-state index is 0.396. The Bertz CT molecular complexity index is 457. The first kappa shape index (κ1) is 13.7. The van der Waals surface area contributed by atoms with Gasteiger partial charge in [0.25, 0.3) is 0 Å². The van der Waals surface area contributed by atoms with E-state index in [1.807, 2.05) is 12.1 Å². The van der Waals surface area contributed by atoms with Gasteiger partial charge in [0.1, 0.15) is 5.75 Å². The van der Waals surface area contributed by atoms with Crippen LogP contribution in [0.2, 0.25) is 0 Å². The lowest BCUT2D eigenvalue weighted by molar-refractivity contribution is 0.415. The number of hydrogen-bond donors (Lipinski definition) is 3. The monoisotopic (exact) mass is 261 g/mol. The number of nitrogens with two attached hydrogens (primary N) is 1. The third kappa shape index (κ3) is 3.41. The second-order valence-corrected chi connectivity index (χ2v) is 4.90. The van der Waals surface area contributed by atoms with Crippen LogP contribution in [0, 0.1) is 0 Å². The molecular weight excluding hydrogens is 238 g/mol. The summed E-state index contributed by atoms with van der Waals surface area (Å²) in [6.07, 6.45) is 6.35. The lowest BCUT2D eigenvalue weighted by Gasteiger charge is -2.22. The van der Waals surface area contributed by atoms with E-state index in [1.54, 1.807) is 7.11 Å². The maximum absolute atomic E-state index is 5.56. The molecule has 104 valence electrons. The van der Waals surface area contributed by atoms with Gasteiger partial charge in [0, 0.05) is 24.2 Å². The molecule has 0 saturated heterocycles. The Morgan fingerprint density at radius 1 is 1.47 bits per heavy atom. The molecule has 1 atom stereocenters. The van der Waals surface area contributed by atoms with Crippen molar-refractivity contribution in [2.45, 2.75) is 25.8 Å². The molecule has 0 fully saturated rings. The molecule has 4 heteroatoms. The van der Waals surface area contributed by atoms with Crippen molar-refractivity contribution in [3.8, 4) is 5.75 Å². The van der Waals surface area contributed by atoms with Crippen molar-refractivity contribution >= 4 is 17.5 Å². The number of fused-ring (bicyclic) bond motifs is 1. The lowest BCUT2D eigenvalue weighted by Crippen LogP contribution is -2.19. The Labute approximate surface area is 115 Å². The van der Waals surface area contributed by atoms with Crippen LogP contribution < -0.4 is 21.1 Å². The molecule has 4 nitrogen and oxygen atoms in total. The van der Waals surface area contributed by atoms with Crippen molar-refractivity contribution in [2.75, 3.05) is 30.8 Å². The van der Waals surface area contributed by atoms with Gasteiger partial charge in [-0.05, 0) is 32.4 Å². The van der Waals surface area contributed by atoms with Crippen molar-refractivity contribution in [2.24, 2.45) is 5.73 Å². The van der Waals surface area contributed by atoms with Gasteiger partial charge in [-0.3, -0.25) is 0 Å². The molecule has 0 bridgehead atoms. The highest BCUT2D eigenvalue weighted by Gasteiger charge is 2.13. The molecule has 0 aliphatic carbocycles. The predicted molar refractivity (Wildman–Crippen MR) is 81.9 cm³/mol. The fraction of sp³-hybridized carbons (Fsp3) is 0.467. The van der Waals surface area contributed by atoms with Crippen LogP contribution in [0.25, 0.3) is 6.08 Å². The first-order chi connectivity index (χ1) is 9.24. The molecule has 1 aromatic rings. The molecule has 1 aliphatic heterocycles. The molecule has 19 heavy (non-hydrogen) atoms. The Hall–Kier alpha value is -1.68. The molecule has 1 aliphatic rings. The highest BCUT2D eigenvalue weighted by molar-refractivity contribution is 5.83. The topological polar surface area (TPSA) is 59.3 Å². The summed E-state index contributed by atoms with van der Waals surface area (Å²) in [5, 5.41) is 6.96. The van der Waals surface area contributed by atoms with Gasteiger partial charge in [0.15, 0.2) is 0 Å². The van der Waals surface area contributed by atoms with Crippen molar-refractivity contribution in [1.29, 1.82) is 0 Å². The first-order valence-corrected chi connectivity index (χ1v) is 6.83. The predicted octanol–water partition coefficient (Wildman–Crippen LogP) is 2.67. The molecule has 0 radical (unpaired) electrons. The highest BCUT2D eigenvalue weighted by atomic mass is 16.5. The van der Waals surface area contributed by atoms with Gasteiger partial charge in [-0.1, -0.05) is 12.2 Å². The standard InChI is InChI=1S/C15H23N3O/c1-11(5-3-7-16)18-14-10-13(19-2)9-12-6-4-8-17-15(12)14/h4,6,9-11,17-18H,3,5,7-8,16H2,1-2H3. The Morgan fingerprint density at radius 3 is 3.05 bits per heavy atom. The highest BCUT2D eigenvalue weighted by Crippen LogP contribution is 2.34. The van der Waals surface area contributed by atoms with Crippen LogP contribution >= 0.6 is 0 Å². The zero-order valence-corrected chi connectivity index (χ0v) is 11.7. The number of ether oxygens (including phenoxy) is 1. The summed E-state index contributed by atoms with van der Waals surface area (Å²) in [6, 6.07) is 4.49. The first-order valence-electron chi connectivity index (χ1n) is 6.83. The number of methoxy groups -OCH3 is 1. The van der Waals surface area contributed by atoms with Gasteiger partial charge in [0.2, 0.25) is 0 Å². The van der Waals surface area contributed by atoms with Crippen LogP contribution in [0.1, 0.15) is 25.3 Å². The van der Waals surface area contributed by atoms with E-state index in [0.717, 1.165) is 43.1 Å². The summed E-state index contributed by atoms with van der Waals surface area (Å²) in [5.74, 6) is 0.876. The van der Waals surface area contributed by atoms with Gasteiger partial charge in [-0.15, -0.1) is 0 Å². The molecule has 0 amide bonds. The average molecular weight is 261 g/mol. The molecule has 0 spiro atoms.